The number of imidazole rings is 1. The molecule has 2 heterocycles. The van der Waals surface area contributed by atoms with E-state index in [0.29, 0.717) is 13.2 Å². The van der Waals surface area contributed by atoms with Gasteiger partial charge in [0.15, 0.2) is 11.5 Å². The van der Waals surface area contributed by atoms with Crippen molar-refractivity contribution >= 4 is 11.0 Å². The monoisotopic (exact) mass is 247 g/mol. The second kappa shape index (κ2) is 4.86. The number of hydrogen-bond acceptors (Lipinski definition) is 4. The van der Waals surface area contributed by atoms with Crippen LogP contribution in [0.1, 0.15) is 12.2 Å². The molecule has 2 aromatic rings. The quantitative estimate of drug-likeness (QED) is 0.804. The number of H-pyrrole nitrogens is 1. The van der Waals surface area contributed by atoms with E-state index in [0.717, 1.165) is 47.7 Å². The van der Waals surface area contributed by atoms with E-state index in [4.69, 9.17) is 9.47 Å². The molecule has 5 heteroatoms. The molecule has 0 amide bonds. The molecular formula is C13H17N3O2. The van der Waals surface area contributed by atoms with Crippen LogP contribution < -0.4 is 14.8 Å². The number of aromatic amines is 1. The molecule has 2 N–H and O–H groups in total. The normalized spacial score (nSPS) is 14.1. The van der Waals surface area contributed by atoms with Crippen LogP contribution in [0.15, 0.2) is 12.1 Å². The topological polar surface area (TPSA) is 59.2 Å². The van der Waals surface area contributed by atoms with Crippen LogP contribution in [-0.4, -0.2) is 36.8 Å². The summed E-state index contributed by atoms with van der Waals surface area (Å²) in [5.74, 6) is 2.61. The minimum Gasteiger partial charge on any atom is -0.486 e. The summed E-state index contributed by atoms with van der Waals surface area (Å²) >= 11 is 0. The Labute approximate surface area is 106 Å². The molecule has 0 atom stereocenters. The van der Waals surface area contributed by atoms with Crippen molar-refractivity contribution < 1.29 is 9.47 Å². The number of ether oxygens (including phenoxy) is 2. The Morgan fingerprint density at radius 3 is 2.83 bits per heavy atom. The van der Waals surface area contributed by atoms with Crippen LogP contribution in [0.4, 0.5) is 0 Å². The highest BCUT2D eigenvalue weighted by atomic mass is 16.6. The summed E-state index contributed by atoms with van der Waals surface area (Å²) in [6.07, 6.45) is 2.02. The van der Waals surface area contributed by atoms with Crippen molar-refractivity contribution in [1.82, 2.24) is 15.3 Å². The molecule has 96 valence electrons. The average Bonchev–Trinajstić information content (AvgIpc) is 2.77. The SMILES string of the molecule is CNCCCc1nc2cc3c(cc2[nH]1)OCCO3. The molecular weight excluding hydrogens is 230 g/mol. The van der Waals surface area contributed by atoms with Crippen molar-refractivity contribution in [3.05, 3.63) is 18.0 Å². The molecule has 1 aromatic carbocycles. The second-order valence-corrected chi connectivity index (χ2v) is 4.40. The van der Waals surface area contributed by atoms with Crippen LogP contribution in [-0.2, 0) is 6.42 Å². The Bertz CT molecular complexity index is 507. The fourth-order valence-electron chi connectivity index (χ4n) is 2.15. The zero-order chi connectivity index (χ0) is 12.4. The van der Waals surface area contributed by atoms with Crippen molar-refractivity contribution in [2.24, 2.45) is 0 Å². The second-order valence-electron chi connectivity index (χ2n) is 4.40. The van der Waals surface area contributed by atoms with Gasteiger partial charge in [-0.25, -0.2) is 4.98 Å². The van der Waals surface area contributed by atoms with Gasteiger partial charge in [0.25, 0.3) is 0 Å². The predicted molar refractivity (Wildman–Crippen MR) is 69.3 cm³/mol. The van der Waals surface area contributed by atoms with Gasteiger partial charge in [-0.05, 0) is 20.0 Å². The largest absolute Gasteiger partial charge is 0.486 e. The Morgan fingerprint density at radius 1 is 1.28 bits per heavy atom. The average molecular weight is 247 g/mol. The summed E-state index contributed by atoms with van der Waals surface area (Å²) in [4.78, 5) is 7.90. The van der Waals surface area contributed by atoms with Gasteiger partial charge in [-0.15, -0.1) is 0 Å². The minimum absolute atomic E-state index is 0.609. The lowest BCUT2D eigenvalue weighted by atomic mass is 10.2. The van der Waals surface area contributed by atoms with Gasteiger partial charge in [0.1, 0.15) is 19.0 Å². The van der Waals surface area contributed by atoms with Gasteiger partial charge in [0, 0.05) is 18.6 Å². The van der Waals surface area contributed by atoms with E-state index >= 15 is 0 Å². The Hall–Kier alpha value is -1.75. The molecule has 0 aliphatic carbocycles. The van der Waals surface area contributed by atoms with Crippen LogP contribution in [0.2, 0.25) is 0 Å². The summed E-state index contributed by atoms with van der Waals surface area (Å²) in [6, 6.07) is 3.92. The van der Waals surface area contributed by atoms with Crippen LogP contribution in [0.5, 0.6) is 11.5 Å². The first-order chi connectivity index (χ1) is 8.86. The minimum atomic E-state index is 0.609. The summed E-state index contributed by atoms with van der Waals surface area (Å²) < 4.78 is 11.1. The molecule has 0 unspecified atom stereocenters. The number of nitrogens with one attached hydrogen (secondary N) is 2. The number of hydrogen-bond donors (Lipinski definition) is 2. The van der Waals surface area contributed by atoms with E-state index in [2.05, 4.69) is 15.3 Å². The number of fused-ring (bicyclic) bond motifs is 2. The number of nitrogens with zero attached hydrogens (tertiary/aromatic N) is 1. The van der Waals surface area contributed by atoms with Crippen molar-refractivity contribution in [3.63, 3.8) is 0 Å². The van der Waals surface area contributed by atoms with Gasteiger partial charge in [0.05, 0.1) is 11.0 Å². The fraction of sp³-hybridized carbons (Fsp3) is 0.462. The van der Waals surface area contributed by atoms with Crippen LogP contribution >= 0.6 is 0 Å². The molecule has 0 saturated heterocycles. The van der Waals surface area contributed by atoms with E-state index in [1.165, 1.54) is 0 Å². The molecule has 0 spiro atoms. The maximum absolute atomic E-state index is 5.56. The summed E-state index contributed by atoms with van der Waals surface area (Å²) in [6.45, 7) is 2.22. The lowest BCUT2D eigenvalue weighted by molar-refractivity contribution is 0.172. The van der Waals surface area contributed by atoms with Crippen LogP contribution in [0, 0.1) is 0 Å². The molecule has 1 aromatic heterocycles. The third-order valence-corrected chi connectivity index (χ3v) is 3.04. The summed E-state index contributed by atoms with van der Waals surface area (Å²) in [7, 11) is 1.96. The first-order valence-corrected chi connectivity index (χ1v) is 6.29. The third-order valence-electron chi connectivity index (χ3n) is 3.04. The van der Waals surface area contributed by atoms with Crippen molar-refractivity contribution in [2.75, 3.05) is 26.8 Å². The standard InChI is InChI=1S/C13H17N3O2/c1-14-4-2-3-13-15-9-7-11-12(8-10(9)16-13)18-6-5-17-11/h7-8,14H,2-6H2,1H3,(H,15,16). The van der Waals surface area contributed by atoms with Gasteiger partial charge in [-0.1, -0.05) is 0 Å². The molecule has 1 aliphatic heterocycles. The smallest absolute Gasteiger partial charge is 0.163 e. The molecule has 3 rings (SSSR count). The summed E-state index contributed by atoms with van der Waals surface area (Å²) in [5.41, 5.74) is 1.96. The predicted octanol–water partition coefficient (Wildman–Crippen LogP) is 1.49. The Morgan fingerprint density at radius 2 is 2.06 bits per heavy atom. The highest BCUT2D eigenvalue weighted by Gasteiger charge is 2.14. The van der Waals surface area contributed by atoms with Gasteiger partial charge in [-0.3, -0.25) is 0 Å². The van der Waals surface area contributed by atoms with E-state index < -0.39 is 0 Å². The number of benzene rings is 1. The van der Waals surface area contributed by atoms with Crippen molar-refractivity contribution in [1.29, 1.82) is 0 Å². The van der Waals surface area contributed by atoms with Gasteiger partial charge >= 0.3 is 0 Å². The van der Waals surface area contributed by atoms with Gasteiger partial charge in [-0.2, -0.15) is 0 Å². The molecule has 1 aliphatic rings. The Balaban J connectivity index is 1.87. The molecule has 18 heavy (non-hydrogen) atoms. The maximum atomic E-state index is 5.56. The lowest BCUT2D eigenvalue weighted by Gasteiger charge is -2.17. The Kier molecular flexibility index (Phi) is 3.06. The zero-order valence-electron chi connectivity index (χ0n) is 10.5. The van der Waals surface area contributed by atoms with E-state index in [1.807, 2.05) is 19.2 Å². The van der Waals surface area contributed by atoms with Crippen molar-refractivity contribution in [3.8, 4) is 11.5 Å². The molecule has 0 radical (unpaired) electrons. The van der Waals surface area contributed by atoms with Crippen LogP contribution in [0.3, 0.4) is 0 Å². The maximum Gasteiger partial charge on any atom is 0.163 e. The lowest BCUT2D eigenvalue weighted by Crippen LogP contribution is -2.15. The number of rotatable bonds is 4. The third kappa shape index (κ3) is 2.13. The highest BCUT2D eigenvalue weighted by Crippen LogP contribution is 2.33. The molecule has 0 fully saturated rings. The van der Waals surface area contributed by atoms with E-state index in [9.17, 15) is 0 Å². The van der Waals surface area contributed by atoms with E-state index in [-0.39, 0.29) is 0 Å². The fourth-order valence-corrected chi connectivity index (χ4v) is 2.15. The van der Waals surface area contributed by atoms with Crippen molar-refractivity contribution in [2.45, 2.75) is 12.8 Å². The number of aromatic nitrogens is 2. The molecule has 5 nitrogen and oxygen atoms in total. The molecule has 0 bridgehead atoms. The van der Waals surface area contributed by atoms with E-state index in [1.54, 1.807) is 0 Å². The van der Waals surface area contributed by atoms with Gasteiger partial charge < -0.3 is 19.8 Å². The van der Waals surface area contributed by atoms with Gasteiger partial charge in [0.2, 0.25) is 0 Å². The highest BCUT2D eigenvalue weighted by molar-refractivity contribution is 5.79. The summed E-state index contributed by atoms with van der Waals surface area (Å²) in [5, 5.41) is 3.13. The number of aryl methyl sites for hydroxylation is 1. The molecule has 0 saturated carbocycles. The first kappa shape index (κ1) is 11.3. The first-order valence-electron chi connectivity index (χ1n) is 6.29. The van der Waals surface area contributed by atoms with Crippen LogP contribution in [0.25, 0.3) is 11.0 Å². The zero-order valence-corrected chi connectivity index (χ0v) is 10.5.